The number of nitrogens with zero attached hydrogens (tertiary/aromatic N) is 6. The maximum atomic E-state index is 8.27. The van der Waals surface area contributed by atoms with Gasteiger partial charge in [0.15, 0.2) is 11.6 Å². The van der Waals surface area contributed by atoms with Crippen molar-refractivity contribution in [2.45, 2.75) is 7.59 Å². The number of rotatable bonds is 1. The molecular formula is C5Cl6N6. The van der Waals surface area contributed by atoms with Crippen LogP contribution < -0.4 is 0 Å². The predicted molar refractivity (Wildman–Crippen MR) is 67.1 cm³/mol. The minimum absolute atomic E-state index is 0.318. The molecule has 0 saturated carbocycles. The van der Waals surface area contributed by atoms with Crippen LogP contribution in [0.2, 0.25) is 0 Å². The van der Waals surface area contributed by atoms with Gasteiger partial charge in [0.1, 0.15) is 0 Å². The first-order valence-corrected chi connectivity index (χ1v) is 5.87. The second kappa shape index (κ2) is 5.36. The van der Waals surface area contributed by atoms with Crippen LogP contribution in [0.3, 0.4) is 0 Å². The van der Waals surface area contributed by atoms with Gasteiger partial charge in [-0.3, -0.25) is 0 Å². The molecule has 6 nitrogen and oxygen atoms in total. The van der Waals surface area contributed by atoms with Gasteiger partial charge >= 0.3 is 0 Å². The highest BCUT2D eigenvalue weighted by Crippen LogP contribution is 2.40. The molecule has 0 amide bonds. The highest BCUT2D eigenvalue weighted by molar-refractivity contribution is 6.67. The lowest BCUT2D eigenvalue weighted by molar-refractivity contribution is 0.843. The maximum Gasteiger partial charge on any atom is 0.250 e. The van der Waals surface area contributed by atoms with Crippen molar-refractivity contribution in [3.8, 4) is 0 Å². The molecule has 0 unspecified atom stereocenters. The van der Waals surface area contributed by atoms with Gasteiger partial charge in [0.05, 0.1) is 0 Å². The Morgan fingerprint density at radius 1 is 0.882 bits per heavy atom. The Morgan fingerprint density at radius 2 is 1.29 bits per heavy atom. The van der Waals surface area contributed by atoms with Crippen molar-refractivity contribution in [3.63, 3.8) is 0 Å². The topological polar surface area (TPSA) is 87.4 Å². The third-order valence-electron chi connectivity index (χ3n) is 1.26. The molecule has 1 rings (SSSR count). The maximum absolute atomic E-state index is 8.27. The van der Waals surface area contributed by atoms with Crippen molar-refractivity contribution in [2.24, 2.45) is 5.11 Å². The molecule has 17 heavy (non-hydrogen) atoms. The van der Waals surface area contributed by atoms with Gasteiger partial charge in [-0.15, -0.1) is 0 Å². The second-order valence-electron chi connectivity index (χ2n) is 2.47. The van der Waals surface area contributed by atoms with Crippen molar-refractivity contribution in [2.75, 3.05) is 0 Å². The standard InChI is InChI=1S/C5Cl6N6/c6-4(7,8)1-13-2(5(9,10)11)15-3(14-1)16-17-12. The van der Waals surface area contributed by atoms with E-state index >= 15 is 0 Å². The van der Waals surface area contributed by atoms with E-state index in [2.05, 4.69) is 25.0 Å². The Kier molecular flexibility index (Phi) is 4.77. The van der Waals surface area contributed by atoms with E-state index in [9.17, 15) is 0 Å². The van der Waals surface area contributed by atoms with E-state index in [0.29, 0.717) is 0 Å². The minimum Gasteiger partial charge on any atom is -0.209 e. The summed E-state index contributed by atoms with van der Waals surface area (Å²) in [5.74, 6) is -1.01. The number of alkyl halides is 6. The molecule has 0 atom stereocenters. The summed E-state index contributed by atoms with van der Waals surface area (Å²) in [6, 6.07) is 0. The van der Waals surface area contributed by atoms with Crippen molar-refractivity contribution in [3.05, 3.63) is 22.1 Å². The molecule has 1 heterocycles. The lowest BCUT2D eigenvalue weighted by Crippen LogP contribution is -2.15. The monoisotopic (exact) mass is 354 g/mol. The van der Waals surface area contributed by atoms with Crippen LogP contribution in [-0.2, 0) is 7.59 Å². The largest absolute Gasteiger partial charge is 0.250 e. The highest BCUT2D eigenvalue weighted by Gasteiger charge is 2.33. The zero-order valence-corrected chi connectivity index (χ0v) is 12.0. The summed E-state index contributed by atoms with van der Waals surface area (Å²) in [6.45, 7) is 0. The molecule has 0 N–H and O–H groups in total. The number of hydrogen-bond acceptors (Lipinski definition) is 4. The third-order valence-corrected chi connectivity index (χ3v) is 2.28. The van der Waals surface area contributed by atoms with Crippen LogP contribution in [0.25, 0.3) is 10.4 Å². The first-order chi connectivity index (χ1) is 7.64. The number of aromatic nitrogens is 3. The predicted octanol–water partition coefficient (Wildman–Crippen LogP) is 4.47. The van der Waals surface area contributed by atoms with Crippen LogP contribution in [0, 0.1) is 0 Å². The van der Waals surface area contributed by atoms with E-state index in [1.165, 1.54) is 0 Å². The summed E-state index contributed by atoms with van der Waals surface area (Å²) in [7, 11) is 0. The quantitative estimate of drug-likeness (QED) is 0.322. The molecule has 1 aromatic rings. The Balaban J connectivity index is 3.44. The van der Waals surface area contributed by atoms with Gasteiger partial charge in [0.2, 0.25) is 13.5 Å². The molecule has 12 heteroatoms. The summed E-state index contributed by atoms with van der Waals surface area (Å²) in [4.78, 5) is 13.3. The molecule has 1 aromatic heterocycles. The van der Waals surface area contributed by atoms with Crippen molar-refractivity contribution < 1.29 is 0 Å². The van der Waals surface area contributed by atoms with Crippen LogP contribution in [-0.4, -0.2) is 15.0 Å². The lowest BCUT2D eigenvalue weighted by Gasteiger charge is -2.14. The summed E-state index contributed by atoms with van der Waals surface area (Å²) in [5.41, 5.74) is 8.27. The molecule has 0 spiro atoms. The van der Waals surface area contributed by atoms with E-state index in [0.717, 1.165) is 0 Å². The first-order valence-electron chi connectivity index (χ1n) is 3.60. The molecule has 0 saturated heterocycles. The lowest BCUT2D eigenvalue weighted by atomic mass is 10.6. The highest BCUT2D eigenvalue weighted by atomic mass is 35.6. The summed E-state index contributed by atoms with van der Waals surface area (Å²) < 4.78 is -3.93. The molecule has 0 aliphatic rings. The van der Waals surface area contributed by atoms with E-state index < -0.39 is 7.59 Å². The van der Waals surface area contributed by atoms with Crippen molar-refractivity contribution >= 4 is 75.6 Å². The zero-order chi connectivity index (χ0) is 13.3. The SMILES string of the molecule is [N-]=[N+]=Nc1nc(C(Cl)(Cl)Cl)nc(C(Cl)(Cl)Cl)n1. The zero-order valence-electron chi connectivity index (χ0n) is 7.45. The van der Waals surface area contributed by atoms with Crippen LogP contribution >= 0.6 is 69.6 Å². The normalized spacial score (nSPS) is 12.1. The van der Waals surface area contributed by atoms with Crippen molar-refractivity contribution in [1.82, 2.24) is 15.0 Å². The first kappa shape index (κ1) is 15.1. The number of hydrogen-bond donors (Lipinski definition) is 0. The summed E-state index contributed by atoms with van der Waals surface area (Å²) in [5, 5.41) is 3.12. The Bertz CT molecular complexity index is 439. The number of azide groups is 1. The van der Waals surface area contributed by atoms with E-state index in [1.54, 1.807) is 0 Å². The fourth-order valence-electron chi connectivity index (χ4n) is 0.703. The van der Waals surface area contributed by atoms with Gasteiger partial charge in [0.25, 0.3) is 0 Å². The smallest absolute Gasteiger partial charge is 0.209 e. The fourth-order valence-corrected chi connectivity index (χ4v) is 1.21. The Morgan fingerprint density at radius 3 is 1.59 bits per heavy atom. The molecule has 0 fully saturated rings. The number of halogens is 6. The van der Waals surface area contributed by atoms with Crippen molar-refractivity contribution in [1.29, 1.82) is 0 Å². The summed E-state index contributed by atoms with van der Waals surface area (Å²) >= 11 is 33.4. The van der Waals surface area contributed by atoms with E-state index in [4.69, 9.17) is 75.1 Å². The second-order valence-corrected chi connectivity index (χ2v) is 7.03. The molecule has 0 aliphatic heterocycles. The summed E-state index contributed by atoms with van der Waals surface area (Å²) in [6.07, 6.45) is 0. The van der Waals surface area contributed by atoms with Crippen LogP contribution in [0.5, 0.6) is 0 Å². The Hall–Kier alpha value is 0.0600. The molecular weight excluding hydrogens is 357 g/mol. The van der Waals surface area contributed by atoms with E-state index in [-0.39, 0.29) is 17.6 Å². The average Bonchev–Trinajstić information content (AvgIpc) is 2.15. The van der Waals surface area contributed by atoms with Gasteiger partial charge in [-0.2, -0.15) is 0 Å². The Labute approximate surface area is 125 Å². The van der Waals surface area contributed by atoms with E-state index in [1.807, 2.05) is 0 Å². The molecule has 0 aromatic carbocycles. The van der Waals surface area contributed by atoms with Gasteiger partial charge in [-0.05, 0) is 10.6 Å². The van der Waals surface area contributed by atoms with Crippen LogP contribution in [0.1, 0.15) is 11.6 Å². The van der Waals surface area contributed by atoms with Crippen LogP contribution in [0.15, 0.2) is 5.11 Å². The fraction of sp³-hybridized carbons (Fsp3) is 0.400. The van der Waals surface area contributed by atoms with Gasteiger partial charge in [0, 0.05) is 4.91 Å². The van der Waals surface area contributed by atoms with Gasteiger partial charge in [-0.25, -0.2) is 15.0 Å². The average molecular weight is 357 g/mol. The van der Waals surface area contributed by atoms with Gasteiger partial charge < -0.3 is 0 Å². The van der Waals surface area contributed by atoms with Crippen LogP contribution in [0.4, 0.5) is 5.95 Å². The third kappa shape index (κ3) is 4.34. The molecule has 0 aliphatic carbocycles. The molecule has 0 bridgehead atoms. The van der Waals surface area contributed by atoms with Gasteiger partial charge in [-0.1, -0.05) is 69.6 Å². The molecule has 92 valence electrons. The minimum atomic E-state index is -1.96. The molecule has 0 radical (unpaired) electrons.